The van der Waals surface area contributed by atoms with Crippen LogP contribution in [-0.2, 0) is 12.7 Å². The van der Waals surface area contributed by atoms with Crippen molar-refractivity contribution in [3.05, 3.63) is 102 Å². The molecule has 0 unspecified atom stereocenters. The average Bonchev–Trinajstić information content (AvgIpc) is 3.14. The first kappa shape index (κ1) is 34.7. The van der Waals surface area contributed by atoms with E-state index >= 15 is 0 Å². The number of hydrogen-bond donors (Lipinski definition) is 1. The number of aromatic nitrogens is 3. The van der Waals surface area contributed by atoms with Crippen molar-refractivity contribution in [3.63, 3.8) is 0 Å². The molecule has 5 aromatic rings. The van der Waals surface area contributed by atoms with Crippen LogP contribution in [0.3, 0.4) is 0 Å². The molecule has 51 heavy (non-hydrogen) atoms. The van der Waals surface area contributed by atoms with Crippen LogP contribution in [0.5, 0.6) is 5.75 Å². The second-order valence-electron chi connectivity index (χ2n) is 13.8. The van der Waals surface area contributed by atoms with E-state index in [1.165, 1.54) is 25.0 Å². The Bertz CT molecular complexity index is 1940. The van der Waals surface area contributed by atoms with Gasteiger partial charge in [-0.05, 0) is 113 Å². The summed E-state index contributed by atoms with van der Waals surface area (Å²) in [6, 6.07) is 24.1. The predicted molar refractivity (Wildman–Crippen MR) is 197 cm³/mol. The quantitative estimate of drug-likeness (QED) is 0.165. The fourth-order valence-electron chi connectivity index (χ4n) is 7.38. The molecule has 2 aromatic heterocycles. The number of likely N-dealkylation sites (tertiary alicyclic amines) is 2. The van der Waals surface area contributed by atoms with E-state index in [1.54, 1.807) is 19.4 Å². The number of piperidine rings is 2. The van der Waals surface area contributed by atoms with Crippen LogP contribution in [0.25, 0.3) is 22.2 Å². The number of nitrogens with one attached hydrogen (secondary N) is 1. The molecule has 8 nitrogen and oxygen atoms in total. The number of pyridine rings is 1. The first-order chi connectivity index (χ1) is 24.6. The Morgan fingerprint density at radius 2 is 1.59 bits per heavy atom. The molecule has 3 aromatic carbocycles. The maximum atomic E-state index is 13.3. The van der Waals surface area contributed by atoms with Crippen LogP contribution in [0.1, 0.15) is 42.5 Å². The molecule has 0 radical (unpaired) electrons. The van der Waals surface area contributed by atoms with Gasteiger partial charge in [-0.3, -0.25) is 4.98 Å². The monoisotopic (exact) mass is 695 g/mol. The third kappa shape index (κ3) is 8.10. The first-order valence-electron chi connectivity index (χ1n) is 17.6. The summed E-state index contributed by atoms with van der Waals surface area (Å²) in [5.74, 6) is 1.36. The highest BCUT2D eigenvalue weighted by molar-refractivity contribution is 5.94. The first-order valence-corrected chi connectivity index (χ1v) is 17.6. The predicted octanol–water partition coefficient (Wildman–Crippen LogP) is 8.34. The van der Waals surface area contributed by atoms with Crippen LogP contribution in [0.2, 0.25) is 0 Å². The summed E-state index contributed by atoms with van der Waals surface area (Å²) in [7, 11) is 3.86. The molecule has 4 heterocycles. The summed E-state index contributed by atoms with van der Waals surface area (Å²) < 4.78 is 45.3. The molecule has 0 amide bonds. The Morgan fingerprint density at radius 1 is 0.863 bits per heavy atom. The minimum absolute atomic E-state index is 0.217. The molecule has 0 bridgehead atoms. The number of benzene rings is 3. The van der Waals surface area contributed by atoms with Crippen LogP contribution in [-0.4, -0.2) is 77.2 Å². The topological polar surface area (TPSA) is 69.6 Å². The Balaban J connectivity index is 1.13. The zero-order valence-corrected chi connectivity index (χ0v) is 29.3. The standard InChI is InChI=1S/C40H44F3N7O/c1-27-24-38(35-25-34(51-3)12-13-37(35)45-27)46-31-10-4-28(5-11-31)26-50(33-17-22-49(23-18-33)32-15-20-48(2)21-16-32)39-44-19-14-36(47-39)29-6-8-30(9-7-29)40(41,42)43/h4-14,19,24-25,32-33H,15-18,20-23,26H2,1-3H3,(H,45,46). The lowest BCUT2D eigenvalue weighted by atomic mass is 9.97. The molecule has 2 aliphatic heterocycles. The summed E-state index contributed by atoms with van der Waals surface area (Å²) in [4.78, 5) is 21.7. The lowest BCUT2D eigenvalue weighted by Gasteiger charge is -2.43. The molecule has 1 N–H and O–H groups in total. The Labute approximate surface area is 297 Å². The highest BCUT2D eigenvalue weighted by Gasteiger charge is 2.32. The molecule has 0 atom stereocenters. The van der Waals surface area contributed by atoms with Crippen LogP contribution in [0.4, 0.5) is 30.5 Å². The van der Waals surface area contributed by atoms with E-state index in [4.69, 9.17) is 14.7 Å². The number of methoxy groups -OCH3 is 1. The molecule has 266 valence electrons. The molecule has 0 saturated carbocycles. The largest absolute Gasteiger partial charge is 0.497 e. The number of fused-ring (bicyclic) bond motifs is 1. The fraction of sp³-hybridized carbons (Fsp3) is 0.375. The molecule has 0 spiro atoms. The van der Waals surface area contributed by atoms with Crippen molar-refractivity contribution in [2.75, 3.05) is 50.6 Å². The Kier molecular flexibility index (Phi) is 10.1. The number of hydrogen-bond acceptors (Lipinski definition) is 8. The van der Waals surface area contributed by atoms with Gasteiger partial charge in [-0.1, -0.05) is 24.3 Å². The summed E-state index contributed by atoms with van der Waals surface area (Å²) >= 11 is 0. The van der Waals surface area contributed by atoms with Crippen molar-refractivity contribution in [2.24, 2.45) is 0 Å². The normalized spacial score (nSPS) is 16.7. The highest BCUT2D eigenvalue weighted by atomic mass is 19.4. The van der Waals surface area contributed by atoms with E-state index in [1.807, 2.05) is 31.2 Å². The van der Waals surface area contributed by atoms with E-state index in [2.05, 4.69) is 56.3 Å². The number of aryl methyl sites for hydroxylation is 1. The molecule has 2 aliphatic rings. The van der Waals surface area contributed by atoms with Gasteiger partial charge in [-0.2, -0.15) is 13.2 Å². The van der Waals surface area contributed by atoms with Gasteiger partial charge in [0.05, 0.1) is 23.9 Å². The number of ether oxygens (including phenoxy) is 1. The van der Waals surface area contributed by atoms with E-state index in [9.17, 15) is 13.2 Å². The molecule has 11 heteroatoms. The van der Waals surface area contributed by atoms with Crippen molar-refractivity contribution in [1.29, 1.82) is 0 Å². The SMILES string of the molecule is COc1ccc2nc(C)cc(Nc3ccc(CN(c4nccc(-c5ccc(C(F)(F)F)cc5)n4)C4CCN(C5CCN(C)CC5)CC4)cc3)c2c1. The minimum atomic E-state index is -4.39. The number of halogens is 3. The van der Waals surface area contributed by atoms with Crippen molar-refractivity contribution < 1.29 is 17.9 Å². The molecular weight excluding hydrogens is 651 g/mol. The van der Waals surface area contributed by atoms with Crippen molar-refractivity contribution >= 4 is 28.2 Å². The molecular formula is C40H44F3N7O. The summed E-state index contributed by atoms with van der Waals surface area (Å²) in [6.45, 7) is 6.89. The van der Waals surface area contributed by atoms with Crippen LogP contribution < -0.4 is 15.0 Å². The maximum Gasteiger partial charge on any atom is 0.416 e. The number of alkyl halides is 3. The molecule has 0 aliphatic carbocycles. The highest BCUT2D eigenvalue weighted by Crippen LogP contribution is 2.33. The third-order valence-electron chi connectivity index (χ3n) is 10.3. The van der Waals surface area contributed by atoms with Gasteiger partial charge in [0, 0.05) is 65.9 Å². The fourth-order valence-corrected chi connectivity index (χ4v) is 7.38. The molecule has 2 fully saturated rings. The van der Waals surface area contributed by atoms with Crippen LogP contribution >= 0.6 is 0 Å². The van der Waals surface area contributed by atoms with Gasteiger partial charge in [0.25, 0.3) is 0 Å². The summed E-state index contributed by atoms with van der Waals surface area (Å²) in [6.07, 6.45) is 1.69. The van der Waals surface area contributed by atoms with Gasteiger partial charge in [0.2, 0.25) is 5.95 Å². The third-order valence-corrected chi connectivity index (χ3v) is 10.3. The van der Waals surface area contributed by atoms with Gasteiger partial charge in [-0.15, -0.1) is 0 Å². The van der Waals surface area contributed by atoms with Gasteiger partial charge >= 0.3 is 6.18 Å². The Hall–Kier alpha value is -4.74. The summed E-state index contributed by atoms with van der Waals surface area (Å²) in [5, 5.41) is 4.56. The maximum absolute atomic E-state index is 13.3. The second-order valence-corrected chi connectivity index (χ2v) is 13.8. The van der Waals surface area contributed by atoms with Gasteiger partial charge in [0.1, 0.15) is 5.75 Å². The zero-order chi connectivity index (χ0) is 35.5. The van der Waals surface area contributed by atoms with E-state index in [0.29, 0.717) is 29.8 Å². The Morgan fingerprint density at radius 3 is 2.27 bits per heavy atom. The minimum Gasteiger partial charge on any atom is -0.497 e. The van der Waals surface area contributed by atoms with Gasteiger partial charge in [0.15, 0.2) is 0 Å². The van der Waals surface area contributed by atoms with Gasteiger partial charge in [-0.25, -0.2) is 9.97 Å². The van der Waals surface area contributed by atoms with Crippen LogP contribution in [0.15, 0.2) is 85.1 Å². The van der Waals surface area contributed by atoms with Crippen molar-refractivity contribution in [3.8, 4) is 17.0 Å². The van der Waals surface area contributed by atoms with Crippen molar-refractivity contribution in [1.82, 2.24) is 24.8 Å². The van der Waals surface area contributed by atoms with E-state index < -0.39 is 11.7 Å². The summed E-state index contributed by atoms with van der Waals surface area (Å²) in [5.41, 5.74) is 5.37. The number of anilines is 3. The van der Waals surface area contributed by atoms with E-state index in [0.717, 1.165) is 90.4 Å². The lowest BCUT2D eigenvalue weighted by Crippen LogP contribution is -2.51. The van der Waals surface area contributed by atoms with Crippen molar-refractivity contribution in [2.45, 2.75) is 57.4 Å². The molecule has 7 rings (SSSR count). The molecule has 2 saturated heterocycles. The lowest BCUT2D eigenvalue weighted by molar-refractivity contribution is -0.137. The number of rotatable bonds is 9. The zero-order valence-electron chi connectivity index (χ0n) is 29.3. The van der Waals surface area contributed by atoms with Gasteiger partial charge < -0.3 is 24.8 Å². The smallest absolute Gasteiger partial charge is 0.416 e. The number of nitrogens with zero attached hydrogens (tertiary/aromatic N) is 6. The second kappa shape index (κ2) is 14.9. The average molecular weight is 696 g/mol. The van der Waals surface area contributed by atoms with Crippen LogP contribution in [0, 0.1) is 6.92 Å². The van der Waals surface area contributed by atoms with E-state index in [-0.39, 0.29) is 6.04 Å².